The zero-order chi connectivity index (χ0) is 14.2. The summed E-state index contributed by atoms with van der Waals surface area (Å²) in [7, 11) is 0. The molecule has 0 spiro atoms. The smallest absolute Gasteiger partial charge is 0.275 e. The van der Waals surface area contributed by atoms with Gasteiger partial charge in [-0.05, 0) is 49.8 Å². The molecule has 4 heteroatoms. The maximum atomic E-state index is 12.8. The van der Waals surface area contributed by atoms with E-state index in [9.17, 15) is 9.18 Å². The van der Waals surface area contributed by atoms with Gasteiger partial charge in [-0.1, -0.05) is 12.1 Å². The zero-order valence-corrected chi connectivity index (χ0v) is 12.0. The summed E-state index contributed by atoms with van der Waals surface area (Å²) in [5.41, 5.74) is 1.05. The minimum Gasteiger partial charge on any atom is -0.351 e. The summed E-state index contributed by atoms with van der Waals surface area (Å²) in [5, 5.41) is 2.96. The van der Waals surface area contributed by atoms with Gasteiger partial charge >= 0.3 is 0 Å². The highest BCUT2D eigenvalue weighted by atomic mass is 19.1. The van der Waals surface area contributed by atoms with Crippen molar-refractivity contribution in [1.82, 2.24) is 5.32 Å². The predicted octanol–water partition coefficient (Wildman–Crippen LogP) is 0.943. The predicted molar refractivity (Wildman–Crippen MR) is 77.1 cm³/mol. The molecule has 1 amide bonds. The van der Waals surface area contributed by atoms with Crippen molar-refractivity contribution in [3.63, 3.8) is 0 Å². The third kappa shape index (κ3) is 5.29. The number of likely N-dealkylation sites (tertiary alicyclic amines) is 1. The van der Waals surface area contributed by atoms with E-state index in [1.165, 1.54) is 42.7 Å². The molecule has 1 aliphatic heterocycles. The number of carbonyl (C=O) groups is 1. The van der Waals surface area contributed by atoms with Gasteiger partial charge in [-0.25, -0.2) is 4.39 Å². The maximum absolute atomic E-state index is 12.8. The van der Waals surface area contributed by atoms with Crippen molar-refractivity contribution < 1.29 is 14.1 Å². The fourth-order valence-electron chi connectivity index (χ4n) is 2.69. The van der Waals surface area contributed by atoms with Gasteiger partial charge in [-0.2, -0.15) is 0 Å². The Hall–Kier alpha value is -1.42. The van der Waals surface area contributed by atoms with E-state index >= 15 is 0 Å². The summed E-state index contributed by atoms with van der Waals surface area (Å²) < 4.78 is 12.8. The van der Waals surface area contributed by atoms with Crippen molar-refractivity contribution in [3.8, 4) is 0 Å². The Kier molecular flexibility index (Phi) is 5.99. The molecule has 0 aromatic heterocycles. The molecule has 0 aliphatic carbocycles. The van der Waals surface area contributed by atoms with Gasteiger partial charge in [0.15, 0.2) is 6.54 Å². The minimum atomic E-state index is -0.220. The van der Waals surface area contributed by atoms with Gasteiger partial charge < -0.3 is 10.2 Å². The van der Waals surface area contributed by atoms with Crippen LogP contribution in [0.25, 0.3) is 0 Å². The van der Waals surface area contributed by atoms with Gasteiger partial charge in [0.05, 0.1) is 13.1 Å². The molecule has 2 N–H and O–H groups in total. The van der Waals surface area contributed by atoms with E-state index in [-0.39, 0.29) is 11.7 Å². The maximum Gasteiger partial charge on any atom is 0.275 e. The highest BCUT2D eigenvalue weighted by Gasteiger charge is 2.15. The Morgan fingerprint density at radius 3 is 2.40 bits per heavy atom. The lowest BCUT2D eigenvalue weighted by molar-refractivity contribution is -0.891. The van der Waals surface area contributed by atoms with E-state index in [1.807, 2.05) is 0 Å². The lowest BCUT2D eigenvalue weighted by Crippen LogP contribution is -3.13. The van der Waals surface area contributed by atoms with Crippen LogP contribution in [0.3, 0.4) is 0 Å². The van der Waals surface area contributed by atoms with Gasteiger partial charge in [0.1, 0.15) is 5.82 Å². The van der Waals surface area contributed by atoms with Crippen molar-refractivity contribution in [1.29, 1.82) is 0 Å². The highest BCUT2D eigenvalue weighted by Crippen LogP contribution is 2.02. The largest absolute Gasteiger partial charge is 0.351 e. The number of quaternary nitrogens is 1. The topological polar surface area (TPSA) is 33.5 Å². The van der Waals surface area contributed by atoms with Crippen molar-refractivity contribution >= 4 is 5.91 Å². The second-order valence-corrected chi connectivity index (χ2v) is 5.57. The normalized spacial score (nSPS) is 16.6. The van der Waals surface area contributed by atoms with Gasteiger partial charge in [0.2, 0.25) is 0 Å². The summed E-state index contributed by atoms with van der Waals surface area (Å²) in [5.74, 6) is -0.0911. The van der Waals surface area contributed by atoms with Crippen LogP contribution in [-0.4, -0.2) is 32.1 Å². The SMILES string of the molecule is O=C(C[NH+]1CCCCCC1)NCCc1ccc(F)cc1. The van der Waals surface area contributed by atoms with E-state index in [0.29, 0.717) is 13.1 Å². The molecule has 0 radical (unpaired) electrons. The quantitative estimate of drug-likeness (QED) is 0.826. The second kappa shape index (κ2) is 8.00. The molecule has 1 aromatic rings. The van der Waals surface area contributed by atoms with Crippen LogP contribution in [0.2, 0.25) is 0 Å². The molecule has 0 unspecified atom stereocenters. The molecule has 1 heterocycles. The van der Waals surface area contributed by atoms with Gasteiger partial charge in [-0.15, -0.1) is 0 Å². The van der Waals surface area contributed by atoms with Gasteiger partial charge in [-0.3, -0.25) is 4.79 Å². The Morgan fingerprint density at radius 1 is 1.10 bits per heavy atom. The van der Waals surface area contributed by atoms with Crippen LogP contribution in [0.15, 0.2) is 24.3 Å². The molecule has 1 aromatic carbocycles. The van der Waals surface area contributed by atoms with Crippen molar-refractivity contribution in [2.24, 2.45) is 0 Å². The van der Waals surface area contributed by atoms with E-state index in [2.05, 4.69) is 5.32 Å². The summed E-state index contributed by atoms with van der Waals surface area (Å²) in [6.07, 6.45) is 5.82. The van der Waals surface area contributed by atoms with Crippen LogP contribution in [0, 0.1) is 5.82 Å². The fourth-order valence-corrected chi connectivity index (χ4v) is 2.69. The van der Waals surface area contributed by atoms with Crippen LogP contribution in [0.1, 0.15) is 31.2 Å². The Morgan fingerprint density at radius 2 is 1.75 bits per heavy atom. The molecule has 1 fully saturated rings. The first-order valence-electron chi connectivity index (χ1n) is 7.59. The standard InChI is InChI=1S/C16H23FN2O/c17-15-7-5-14(6-8-15)9-10-18-16(20)13-19-11-3-1-2-4-12-19/h5-8H,1-4,9-13H2,(H,18,20)/p+1. The van der Waals surface area contributed by atoms with Gasteiger partial charge in [0, 0.05) is 6.54 Å². The number of hydrogen-bond donors (Lipinski definition) is 2. The molecule has 3 nitrogen and oxygen atoms in total. The third-order valence-corrected chi connectivity index (χ3v) is 3.87. The zero-order valence-electron chi connectivity index (χ0n) is 12.0. The van der Waals surface area contributed by atoms with E-state index < -0.39 is 0 Å². The van der Waals surface area contributed by atoms with E-state index in [0.717, 1.165) is 25.1 Å². The third-order valence-electron chi connectivity index (χ3n) is 3.87. The number of rotatable bonds is 5. The molecule has 2 rings (SSSR count). The average molecular weight is 279 g/mol. The Balaban J connectivity index is 1.65. The molecule has 20 heavy (non-hydrogen) atoms. The van der Waals surface area contributed by atoms with Gasteiger partial charge in [0.25, 0.3) is 5.91 Å². The molecule has 110 valence electrons. The van der Waals surface area contributed by atoms with Crippen LogP contribution in [0.4, 0.5) is 4.39 Å². The fraction of sp³-hybridized carbons (Fsp3) is 0.562. The monoisotopic (exact) mass is 279 g/mol. The van der Waals surface area contributed by atoms with Crippen molar-refractivity contribution in [2.45, 2.75) is 32.1 Å². The number of hydrogen-bond acceptors (Lipinski definition) is 1. The molecule has 0 atom stereocenters. The number of carbonyl (C=O) groups excluding carboxylic acids is 1. The average Bonchev–Trinajstić information content (AvgIpc) is 2.70. The minimum absolute atomic E-state index is 0.129. The number of amides is 1. The van der Waals surface area contributed by atoms with Crippen LogP contribution in [0.5, 0.6) is 0 Å². The molecule has 0 saturated carbocycles. The summed E-state index contributed by atoms with van der Waals surface area (Å²) >= 11 is 0. The molecule has 1 aliphatic rings. The highest BCUT2D eigenvalue weighted by molar-refractivity contribution is 5.76. The Labute approximate surface area is 120 Å². The number of nitrogens with one attached hydrogen (secondary N) is 2. The summed E-state index contributed by atoms with van der Waals surface area (Å²) in [6.45, 7) is 3.44. The first-order valence-corrected chi connectivity index (χ1v) is 7.59. The lowest BCUT2D eigenvalue weighted by atomic mass is 10.1. The Bertz CT molecular complexity index is 411. The first kappa shape index (κ1) is 15.0. The lowest BCUT2D eigenvalue weighted by Gasteiger charge is -2.16. The van der Waals surface area contributed by atoms with Crippen LogP contribution in [-0.2, 0) is 11.2 Å². The number of benzene rings is 1. The molecule has 1 saturated heterocycles. The van der Waals surface area contributed by atoms with Crippen LogP contribution >= 0.6 is 0 Å². The molecule has 0 bridgehead atoms. The van der Waals surface area contributed by atoms with Crippen LogP contribution < -0.4 is 10.2 Å². The summed E-state index contributed by atoms with van der Waals surface area (Å²) in [4.78, 5) is 13.3. The molecular formula is C16H24FN2O+. The molecular weight excluding hydrogens is 255 g/mol. The number of halogens is 1. The van der Waals surface area contributed by atoms with Crippen molar-refractivity contribution in [2.75, 3.05) is 26.2 Å². The summed E-state index contributed by atoms with van der Waals surface area (Å²) in [6, 6.07) is 6.44. The first-order chi connectivity index (χ1) is 9.74. The van der Waals surface area contributed by atoms with E-state index in [4.69, 9.17) is 0 Å². The van der Waals surface area contributed by atoms with Crippen molar-refractivity contribution in [3.05, 3.63) is 35.6 Å². The second-order valence-electron chi connectivity index (χ2n) is 5.57. The van der Waals surface area contributed by atoms with E-state index in [1.54, 1.807) is 12.1 Å².